The third-order valence-electron chi connectivity index (χ3n) is 2.25. The van der Waals surface area contributed by atoms with E-state index in [1.54, 1.807) is 0 Å². The smallest absolute Gasteiger partial charge is 0.0343 e. The molecule has 1 atom stereocenters. The number of hydrogen-bond donors (Lipinski definition) is 1. The molecule has 0 aromatic rings. The highest BCUT2D eigenvalue weighted by Gasteiger charge is 2.19. The number of nitrogens with zero attached hydrogens (tertiary/aromatic N) is 2. The highest BCUT2D eigenvalue weighted by atomic mass is 15.3. The Labute approximate surface area is 62.8 Å². The van der Waals surface area contributed by atoms with Gasteiger partial charge in [0.05, 0.1) is 0 Å². The quantitative estimate of drug-likeness (QED) is 0.521. The van der Waals surface area contributed by atoms with Crippen LogP contribution in [0.15, 0.2) is 0 Å². The Morgan fingerprint density at radius 3 is 2.60 bits per heavy atom. The Hall–Kier alpha value is -0.120. The largest absolute Gasteiger partial charge is 0.329 e. The van der Waals surface area contributed by atoms with Gasteiger partial charge in [-0.3, -0.25) is 4.90 Å². The molecule has 3 nitrogen and oxygen atoms in total. The second kappa shape index (κ2) is 3.32. The lowest BCUT2D eigenvalue weighted by Crippen LogP contribution is -2.52. The summed E-state index contributed by atoms with van der Waals surface area (Å²) in [5.74, 6) is 0. The molecule has 2 N–H and O–H groups in total. The Kier molecular flexibility index (Phi) is 2.65. The van der Waals surface area contributed by atoms with E-state index < -0.39 is 0 Å². The van der Waals surface area contributed by atoms with Gasteiger partial charge >= 0.3 is 0 Å². The van der Waals surface area contributed by atoms with Gasteiger partial charge < -0.3 is 10.6 Å². The maximum atomic E-state index is 5.59. The predicted octanol–water partition coefficient (Wildman–Crippen LogP) is -0.809. The van der Waals surface area contributed by atoms with Crippen molar-refractivity contribution in [3.8, 4) is 0 Å². The molecule has 10 heavy (non-hydrogen) atoms. The highest BCUT2D eigenvalue weighted by molar-refractivity contribution is 4.78. The molecular weight excluding hydrogens is 126 g/mol. The van der Waals surface area contributed by atoms with Crippen molar-refractivity contribution in [1.82, 2.24) is 9.80 Å². The number of rotatable bonds is 1. The first kappa shape index (κ1) is 7.98. The van der Waals surface area contributed by atoms with Gasteiger partial charge in [0.15, 0.2) is 0 Å². The fourth-order valence-corrected chi connectivity index (χ4v) is 1.36. The summed E-state index contributed by atoms with van der Waals surface area (Å²) in [6, 6.07) is 0.568. The molecule has 0 unspecified atom stereocenters. The van der Waals surface area contributed by atoms with Crippen LogP contribution in [0.4, 0.5) is 0 Å². The molecule has 1 heterocycles. The van der Waals surface area contributed by atoms with Crippen molar-refractivity contribution < 1.29 is 0 Å². The third kappa shape index (κ3) is 1.68. The second-order valence-electron chi connectivity index (χ2n) is 3.13. The van der Waals surface area contributed by atoms with Crippen LogP contribution in [0.5, 0.6) is 0 Å². The van der Waals surface area contributed by atoms with Gasteiger partial charge in [-0.15, -0.1) is 0 Å². The summed E-state index contributed by atoms with van der Waals surface area (Å²) in [7, 11) is 4.29. The summed E-state index contributed by atoms with van der Waals surface area (Å²) in [5, 5.41) is 0. The Balaban J connectivity index is 2.38. The van der Waals surface area contributed by atoms with E-state index in [1.165, 1.54) is 6.54 Å². The summed E-state index contributed by atoms with van der Waals surface area (Å²) in [6.45, 7) is 4.22. The highest BCUT2D eigenvalue weighted by Crippen LogP contribution is 2.03. The first-order valence-electron chi connectivity index (χ1n) is 3.83. The van der Waals surface area contributed by atoms with Gasteiger partial charge in [-0.05, 0) is 14.1 Å². The predicted molar refractivity (Wildman–Crippen MR) is 43.0 cm³/mol. The van der Waals surface area contributed by atoms with Gasteiger partial charge in [0.25, 0.3) is 0 Å². The number of piperazine rings is 1. The standard InChI is InChI=1S/C7H17N3/c1-9-3-4-10(2)7(5-8)6-9/h7H,3-6,8H2,1-2H3/t7-/m1/s1. The van der Waals surface area contributed by atoms with Gasteiger partial charge in [0, 0.05) is 32.2 Å². The fourth-order valence-electron chi connectivity index (χ4n) is 1.36. The number of nitrogens with two attached hydrogens (primary N) is 1. The van der Waals surface area contributed by atoms with Crippen LogP contribution in [0.1, 0.15) is 0 Å². The topological polar surface area (TPSA) is 32.5 Å². The Morgan fingerprint density at radius 1 is 1.40 bits per heavy atom. The molecule has 0 radical (unpaired) electrons. The average molecular weight is 143 g/mol. The van der Waals surface area contributed by atoms with Gasteiger partial charge in [-0.2, -0.15) is 0 Å². The second-order valence-corrected chi connectivity index (χ2v) is 3.13. The first-order chi connectivity index (χ1) is 4.74. The number of likely N-dealkylation sites (N-methyl/N-ethyl adjacent to an activating group) is 2. The maximum Gasteiger partial charge on any atom is 0.0343 e. The van der Waals surface area contributed by atoms with Crippen molar-refractivity contribution in [1.29, 1.82) is 0 Å². The third-order valence-corrected chi connectivity index (χ3v) is 2.25. The molecule has 1 saturated heterocycles. The molecule has 0 bridgehead atoms. The summed E-state index contributed by atoms with van der Waals surface area (Å²) in [5.41, 5.74) is 5.59. The van der Waals surface area contributed by atoms with Crippen LogP contribution in [0.25, 0.3) is 0 Å². The summed E-state index contributed by atoms with van der Waals surface area (Å²) >= 11 is 0. The van der Waals surface area contributed by atoms with E-state index in [4.69, 9.17) is 5.73 Å². The molecule has 0 aromatic heterocycles. The van der Waals surface area contributed by atoms with Gasteiger partial charge in [0.2, 0.25) is 0 Å². The zero-order chi connectivity index (χ0) is 7.56. The molecule has 0 saturated carbocycles. The zero-order valence-corrected chi connectivity index (χ0v) is 6.88. The van der Waals surface area contributed by atoms with Crippen LogP contribution in [-0.4, -0.2) is 56.1 Å². The van der Waals surface area contributed by atoms with Crippen molar-refractivity contribution in [2.75, 3.05) is 40.3 Å². The van der Waals surface area contributed by atoms with Crippen LogP contribution >= 0.6 is 0 Å². The SMILES string of the molecule is CN1CCN(C)[C@H](CN)C1. The lowest BCUT2D eigenvalue weighted by atomic mass is 10.2. The van der Waals surface area contributed by atoms with Gasteiger partial charge in [-0.25, -0.2) is 0 Å². The molecule has 1 fully saturated rings. The maximum absolute atomic E-state index is 5.59. The van der Waals surface area contributed by atoms with E-state index in [9.17, 15) is 0 Å². The zero-order valence-electron chi connectivity index (χ0n) is 6.88. The Morgan fingerprint density at radius 2 is 2.10 bits per heavy atom. The molecule has 0 amide bonds. The van der Waals surface area contributed by atoms with Crippen LogP contribution in [0.3, 0.4) is 0 Å². The van der Waals surface area contributed by atoms with Crippen LogP contribution < -0.4 is 5.73 Å². The van der Waals surface area contributed by atoms with Crippen molar-refractivity contribution >= 4 is 0 Å². The van der Waals surface area contributed by atoms with Crippen LogP contribution in [0.2, 0.25) is 0 Å². The average Bonchev–Trinajstić information content (AvgIpc) is 1.94. The minimum absolute atomic E-state index is 0.568. The van der Waals surface area contributed by atoms with E-state index in [-0.39, 0.29) is 0 Å². The fraction of sp³-hybridized carbons (Fsp3) is 1.00. The molecule has 1 aliphatic heterocycles. The first-order valence-corrected chi connectivity index (χ1v) is 3.83. The van der Waals surface area contributed by atoms with Crippen LogP contribution in [0, 0.1) is 0 Å². The molecule has 1 rings (SSSR count). The lowest BCUT2D eigenvalue weighted by molar-refractivity contribution is 0.119. The van der Waals surface area contributed by atoms with Crippen molar-refractivity contribution in [2.24, 2.45) is 5.73 Å². The lowest BCUT2D eigenvalue weighted by Gasteiger charge is -2.36. The minimum Gasteiger partial charge on any atom is -0.329 e. The Bertz CT molecular complexity index is 105. The summed E-state index contributed by atoms with van der Waals surface area (Å²) < 4.78 is 0. The molecule has 0 aromatic carbocycles. The molecule has 60 valence electrons. The molecular formula is C7H17N3. The molecule has 3 heteroatoms. The molecule has 1 aliphatic rings. The van der Waals surface area contributed by atoms with E-state index in [0.717, 1.165) is 19.6 Å². The van der Waals surface area contributed by atoms with E-state index in [1.807, 2.05) is 0 Å². The van der Waals surface area contributed by atoms with E-state index in [2.05, 4.69) is 23.9 Å². The van der Waals surface area contributed by atoms with Gasteiger partial charge in [-0.1, -0.05) is 0 Å². The summed E-state index contributed by atoms with van der Waals surface area (Å²) in [6.07, 6.45) is 0. The van der Waals surface area contributed by atoms with Crippen molar-refractivity contribution in [2.45, 2.75) is 6.04 Å². The van der Waals surface area contributed by atoms with E-state index in [0.29, 0.717) is 6.04 Å². The summed E-state index contributed by atoms with van der Waals surface area (Å²) in [4.78, 5) is 4.66. The van der Waals surface area contributed by atoms with Crippen molar-refractivity contribution in [3.63, 3.8) is 0 Å². The van der Waals surface area contributed by atoms with Gasteiger partial charge in [0.1, 0.15) is 0 Å². The monoisotopic (exact) mass is 143 g/mol. The number of hydrogen-bond acceptors (Lipinski definition) is 3. The van der Waals surface area contributed by atoms with Crippen molar-refractivity contribution in [3.05, 3.63) is 0 Å². The molecule has 0 spiro atoms. The van der Waals surface area contributed by atoms with E-state index >= 15 is 0 Å². The minimum atomic E-state index is 0.568. The normalized spacial score (nSPS) is 30.9. The van der Waals surface area contributed by atoms with Crippen LogP contribution in [-0.2, 0) is 0 Å². The molecule has 0 aliphatic carbocycles.